The van der Waals surface area contributed by atoms with Crippen molar-refractivity contribution in [3.05, 3.63) is 35.1 Å². The molecule has 0 aliphatic carbocycles. The third kappa shape index (κ3) is 4.80. The predicted octanol–water partition coefficient (Wildman–Crippen LogP) is 0.963. The number of nitrogens with zero attached hydrogens (tertiary/aromatic N) is 1. The second-order valence-corrected chi connectivity index (χ2v) is 5.83. The normalized spacial score (nSPS) is 17.8. The minimum Gasteiger partial charge on any atom is -0.480 e. The molecule has 1 unspecified atom stereocenters. The number of ketones is 1. The lowest BCUT2D eigenvalue weighted by molar-refractivity contribution is -0.152. The van der Waals surface area contributed by atoms with Crippen LogP contribution in [0, 0.1) is 11.7 Å². The van der Waals surface area contributed by atoms with Crippen LogP contribution in [0.4, 0.5) is 17.6 Å². The molecule has 0 saturated carbocycles. The zero-order valence-corrected chi connectivity index (χ0v) is 13.7. The van der Waals surface area contributed by atoms with Crippen molar-refractivity contribution in [1.82, 2.24) is 10.2 Å². The minimum absolute atomic E-state index is 0.0490. The lowest BCUT2D eigenvalue weighted by Crippen LogP contribution is -2.52. The SMILES string of the molecule is O=C(O)CNC(=O)C1C(=O)CCN(Cc2ccc(C(F)(F)F)c(F)c2)C1=O. The third-order valence-corrected chi connectivity index (χ3v) is 3.90. The number of alkyl halides is 3. The third-order valence-electron chi connectivity index (χ3n) is 3.90. The highest BCUT2D eigenvalue weighted by atomic mass is 19.4. The summed E-state index contributed by atoms with van der Waals surface area (Å²) >= 11 is 0. The molecule has 0 bridgehead atoms. The van der Waals surface area contributed by atoms with Crippen LogP contribution in [0.3, 0.4) is 0 Å². The molecule has 1 fully saturated rings. The number of carboxylic acid groups (broad SMARTS) is 1. The van der Waals surface area contributed by atoms with Crippen molar-refractivity contribution < 1.29 is 41.8 Å². The number of carbonyl (C=O) groups excluding carboxylic acids is 3. The molecule has 1 aromatic rings. The summed E-state index contributed by atoms with van der Waals surface area (Å²) in [4.78, 5) is 47.6. The van der Waals surface area contributed by atoms with Crippen molar-refractivity contribution in [2.45, 2.75) is 19.1 Å². The van der Waals surface area contributed by atoms with Gasteiger partial charge in [-0.05, 0) is 17.7 Å². The maximum absolute atomic E-state index is 13.6. The topological polar surface area (TPSA) is 104 Å². The molecular formula is C16H14F4N2O5. The van der Waals surface area contributed by atoms with E-state index in [2.05, 4.69) is 0 Å². The van der Waals surface area contributed by atoms with Crippen LogP contribution in [0.5, 0.6) is 0 Å². The summed E-state index contributed by atoms with van der Waals surface area (Å²) in [6.45, 7) is -1.17. The zero-order valence-electron chi connectivity index (χ0n) is 13.7. The molecule has 11 heteroatoms. The fraction of sp³-hybridized carbons (Fsp3) is 0.375. The molecule has 0 aromatic heterocycles. The number of Topliss-reactive ketones (excluding diaryl/α,β-unsaturated/α-hetero) is 1. The first-order chi connectivity index (χ1) is 12.5. The summed E-state index contributed by atoms with van der Waals surface area (Å²) in [6.07, 6.45) is -5.05. The van der Waals surface area contributed by atoms with E-state index in [1.165, 1.54) is 0 Å². The number of halogens is 4. The number of amides is 2. The Bertz CT molecular complexity index is 794. The maximum Gasteiger partial charge on any atom is 0.419 e. The van der Waals surface area contributed by atoms with Crippen LogP contribution >= 0.6 is 0 Å². The van der Waals surface area contributed by atoms with Crippen LogP contribution in [0.1, 0.15) is 17.5 Å². The molecule has 1 heterocycles. The minimum atomic E-state index is -4.86. The molecular weight excluding hydrogens is 376 g/mol. The number of aliphatic carboxylic acids is 1. The van der Waals surface area contributed by atoms with E-state index in [-0.39, 0.29) is 25.1 Å². The molecule has 2 amide bonds. The average Bonchev–Trinajstić information content (AvgIpc) is 2.54. The molecule has 2 rings (SSSR count). The molecule has 146 valence electrons. The Morgan fingerprint density at radius 2 is 1.93 bits per heavy atom. The van der Waals surface area contributed by atoms with Gasteiger partial charge in [-0.25, -0.2) is 4.39 Å². The van der Waals surface area contributed by atoms with Gasteiger partial charge in [0.2, 0.25) is 11.8 Å². The molecule has 0 radical (unpaired) electrons. The number of carboxylic acids is 1. The Morgan fingerprint density at radius 1 is 1.26 bits per heavy atom. The van der Waals surface area contributed by atoms with Gasteiger partial charge in [0.05, 0.1) is 5.56 Å². The van der Waals surface area contributed by atoms with E-state index in [4.69, 9.17) is 5.11 Å². The number of hydrogen-bond acceptors (Lipinski definition) is 4. The van der Waals surface area contributed by atoms with Gasteiger partial charge in [-0.2, -0.15) is 13.2 Å². The number of likely N-dealkylation sites (tertiary alicyclic amines) is 1. The van der Waals surface area contributed by atoms with Gasteiger partial charge in [0, 0.05) is 19.5 Å². The van der Waals surface area contributed by atoms with Crippen molar-refractivity contribution in [2.75, 3.05) is 13.1 Å². The molecule has 27 heavy (non-hydrogen) atoms. The van der Waals surface area contributed by atoms with Gasteiger partial charge in [-0.15, -0.1) is 0 Å². The molecule has 7 nitrogen and oxygen atoms in total. The molecule has 1 saturated heterocycles. The van der Waals surface area contributed by atoms with Crippen molar-refractivity contribution >= 4 is 23.6 Å². The number of rotatable bonds is 5. The van der Waals surface area contributed by atoms with Gasteiger partial charge < -0.3 is 15.3 Å². The second kappa shape index (κ2) is 7.72. The van der Waals surface area contributed by atoms with Gasteiger partial charge >= 0.3 is 12.1 Å². The van der Waals surface area contributed by atoms with Gasteiger partial charge in [-0.1, -0.05) is 6.07 Å². The standard InChI is InChI=1S/C16H14F4N2O5/c17-10-5-8(1-2-9(10)16(18,19)20)7-22-4-3-11(23)13(15(22)27)14(26)21-6-12(24)25/h1-2,5,13H,3-4,6-7H2,(H,21,26)(H,24,25). The molecule has 1 aliphatic rings. The first-order valence-corrected chi connectivity index (χ1v) is 7.67. The van der Waals surface area contributed by atoms with Crippen molar-refractivity contribution in [1.29, 1.82) is 0 Å². The van der Waals surface area contributed by atoms with Crippen LogP contribution in [0.15, 0.2) is 18.2 Å². The van der Waals surface area contributed by atoms with Crippen molar-refractivity contribution in [3.63, 3.8) is 0 Å². The molecule has 2 N–H and O–H groups in total. The molecule has 0 spiro atoms. The van der Waals surface area contributed by atoms with E-state index in [0.717, 1.165) is 11.0 Å². The lowest BCUT2D eigenvalue weighted by atomic mass is 9.94. The first-order valence-electron chi connectivity index (χ1n) is 7.67. The summed E-state index contributed by atoms with van der Waals surface area (Å²) in [7, 11) is 0. The maximum atomic E-state index is 13.6. The van der Waals surface area contributed by atoms with Crippen LogP contribution in [-0.2, 0) is 31.9 Å². The summed E-state index contributed by atoms with van der Waals surface area (Å²) < 4.78 is 51.4. The van der Waals surface area contributed by atoms with Crippen molar-refractivity contribution in [2.24, 2.45) is 5.92 Å². The largest absolute Gasteiger partial charge is 0.480 e. The zero-order chi connectivity index (χ0) is 20.4. The van der Waals surface area contributed by atoms with E-state index in [0.29, 0.717) is 12.1 Å². The van der Waals surface area contributed by atoms with Gasteiger partial charge in [0.25, 0.3) is 0 Å². The van der Waals surface area contributed by atoms with E-state index >= 15 is 0 Å². The van der Waals surface area contributed by atoms with Gasteiger partial charge in [-0.3, -0.25) is 19.2 Å². The highest BCUT2D eigenvalue weighted by Gasteiger charge is 2.40. The summed E-state index contributed by atoms with van der Waals surface area (Å²) in [5.41, 5.74) is -1.40. The number of benzene rings is 1. The molecule has 1 aromatic carbocycles. The van der Waals surface area contributed by atoms with Crippen LogP contribution in [0.2, 0.25) is 0 Å². The van der Waals surface area contributed by atoms with Crippen molar-refractivity contribution in [3.8, 4) is 0 Å². The fourth-order valence-corrected chi connectivity index (χ4v) is 2.61. The first kappa shape index (κ1) is 20.3. The van der Waals surface area contributed by atoms with E-state index in [1.54, 1.807) is 0 Å². The summed E-state index contributed by atoms with van der Waals surface area (Å²) in [5.74, 6) is -7.30. The monoisotopic (exact) mass is 390 g/mol. The predicted molar refractivity (Wildman–Crippen MR) is 80.6 cm³/mol. The fourth-order valence-electron chi connectivity index (χ4n) is 2.61. The van der Waals surface area contributed by atoms with E-state index < -0.39 is 53.6 Å². The quantitative estimate of drug-likeness (QED) is 0.576. The van der Waals surface area contributed by atoms with Gasteiger partial charge in [0.1, 0.15) is 12.4 Å². The Morgan fingerprint density at radius 3 is 2.48 bits per heavy atom. The smallest absolute Gasteiger partial charge is 0.419 e. The highest BCUT2D eigenvalue weighted by molar-refractivity contribution is 6.19. The lowest BCUT2D eigenvalue weighted by Gasteiger charge is -2.30. The molecule has 1 aliphatic heterocycles. The van der Waals surface area contributed by atoms with Crippen LogP contribution < -0.4 is 5.32 Å². The Labute approximate surface area is 149 Å². The highest BCUT2D eigenvalue weighted by Crippen LogP contribution is 2.32. The Hall–Kier alpha value is -2.98. The second-order valence-electron chi connectivity index (χ2n) is 5.83. The summed E-state index contributed by atoms with van der Waals surface area (Å²) in [6, 6.07) is 2.17. The number of hydrogen-bond donors (Lipinski definition) is 2. The van der Waals surface area contributed by atoms with E-state index in [9.17, 15) is 36.7 Å². The van der Waals surface area contributed by atoms with Crippen LogP contribution in [-0.4, -0.2) is 46.7 Å². The van der Waals surface area contributed by atoms with Crippen LogP contribution in [0.25, 0.3) is 0 Å². The Balaban J connectivity index is 2.14. The average molecular weight is 390 g/mol. The van der Waals surface area contributed by atoms with Gasteiger partial charge in [0.15, 0.2) is 11.7 Å². The number of nitrogens with one attached hydrogen (secondary N) is 1. The molecule has 1 atom stereocenters. The van der Waals surface area contributed by atoms with E-state index in [1.807, 2.05) is 5.32 Å². The number of piperidine rings is 1. The summed E-state index contributed by atoms with van der Waals surface area (Å²) in [5, 5.41) is 10.5. The Kier molecular flexibility index (Phi) is 5.82. The number of carbonyl (C=O) groups is 4.